The highest BCUT2D eigenvalue weighted by Crippen LogP contribution is 2.22. The smallest absolute Gasteiger partial charge is 0.252 e. The van der Waals surface area contributed by atoms with E-state index in [-0.39, 0.29) is 17.9 Å². The molecule has 24 heavy (non-hydrogen) atoms. The van der Waals surface area contributed by atoms with Crippen LogP contribution < -0.4 is 15.5 Å². The van der Waals surface area contributed by atoms with Crippen LogP contribution in [0, 0.1) is 0 Å². The van der Waals surface area contributed by atoms with Gasteiger partial charge in [-0.2, -0.15) is 0 Å². The molecule has 6 heteroatoms. The maximum atomic E-state index is 12.8. The van der Waals surface area contributed by atoms with E-state index in [4.69, 9.17) is 0 Å². The largest absolute Gasteiger partial charge is 0.363 e. The van der Waals surface area contributed by atoms with E-state index in [0.29, 0.717) is 24.9 Å². The van der Waals surface area contributed by atoms with Crippen molar-refractivity contribution in [3.05, 3.63) is 35.9 Å². The van der Waals surface area contributed by atoms with Gasteiger partial charge in [0.25, 0.3) is 5.91 Å². The highest BCUT2D eigenvalue weighted by atomic mass is 16.2. The van der Waals surface area contributed by atoms with Gasteiger partial charge in [-0.1, -0.05) is 18.2 Å². The van der Waals surface area contributed by atoms with E-state index in [1.54, 1.807) is 0 Å². The summed E-state index contributed by atoms with van der Waals surface area (Å²) in [6.07, 6.45) is 1.87. The Bertz CT molecular complexity index is 773. The summed E-state index contributed by atoms with van der Waals surface area (Å²) in [5, 5.41) is 6.75. The van der Waals surface area contributed by atoms with Gasteiger partial charge in [-0.15, -0.1) is 0 Å². The lowest BCUT2D eigenvalue weighted by atomic mass is 10.1. The molecule has 2 heterocycles. The van der Waals surface area contributed by atoms with Gasteiger partial charge in [-0.05, 0) is 25.0 Å². The quantitative estimate of drug-likeness (QED) is 0.900. The molecule has 2 aromatic rings. The number of aromatic nitrogens is 1. The molecule has 1 atom stereocenters. The first-order chi connectivity index (χ1) is 11.5. The van der Waals surface area contributed by atoms with E-state index >= 15 is 0 Å². The van der Waals surface area contributed by atoms with Crippen LogP contribution in [0.2, 0.25) is 0 Å². The topological polar surface area (TPSA) is 74.3 Å². The highest BCUT2D eigenvalue weighted by molar-refractivity contribution is 6.07. The van der Waals surface area contributed by atoms with E-state index in [9.17, 15) is 9.59 Å². The van der Waals surface area contributed by atoms with Crippen molar-refractivity contribution in [1.29, 1.82) is 0 Å². The minimum absolute atomic E-state index is 0.00573. The van der Waals surface area contributed by atoms with Crippen LogP contribution >= 0.6 is 0 Å². The number of nitrogens with one attached hydrogen (secondary N) is 2. The standard InChI is InChI=1S/C18H22N4O2/c1-22(2)16-11-14(13-5-3-4-6-15(13)21-16)18(24)20-12-7-8-17(23)19-10-9-12/h3-6,11-12H,7-10H2,1-2H3,(H,19,23)(H,20,24). The Labute approximate surface area is 141 Å². The van der Waals surface area contributed by atoms with Crippen LogP contribution in [0.25, 0.3) is 10.9 Å². The molecule has 0 spiro atoms. The summed E-state index contributed by atoms with van der Waals surface area (Å²) in [5.74, 6) is 0.684. The molecule has 0 radical (unpaired) electrons. The molecular weight excluding hydrogens is 304 g/mol. The Morgan fingerprint density at radius 1 is 1.29 bits per heavy atom. The van der Waals surface area contributed by atoms with E-state index in [2.05, 4.69) is 15.6 Å². The summed E-state index contributed by atoms with van der Waals surface area (Å²) in [7, 11) is 3.81. The van der Waals surface area contributed by atoms with Crippen molar-refractivity contribution < 1.29 is 9.59 Å². The lowest BCUT2D eigenvalue weighted by Gasteiger charge is -2.18. The van der Waals surface area contributed by atoms with Crippen molar-refractivity contribution in [3.63, 3.8) is 0 Å². The number of anilines is 1. The van der Waals surface area contributed by atoms with Crippen molar-refractivity contribution in [2.75, 3.05) is 25.5 Å². The Morgan fingerprint density at radius 3 is 2.88 bits per heavy atom. The van der Waals surface area contributed by atoms with Gasteiger partial charge in [0.2, 0.25) is 5.91 Å². The monoisotopic (exact) mass is 326 g/mol. The number of para-hydroxylation sites is 1. The van der Waals surface area contributed by atoms with Gasteiger partial charge >= 0.3 is 0 Å². The molecule has 0 bridgehead atoms. The molecule has 0 aliphatic carbocycles. The first kappa shape index (κ1) is 16.2. The van der Waals surface area contributed by atoms with Crippen LogP contribution in [-0.2, 0) is 4.79 Å². The fraction of sp³-hybridized carbons (Fsp3) is 0.389. The minimum atomic E-state index is -0.115. The van der Waals surface area contributed by atoms with E-state index in [1.165, 1.54) is 0 Å². The Balaban J connectivity index is 1.89. The SMILES string of the molecule is CN(C)c1cc(C(=O)NC2CCNC(=O)CC2)c2ccccc2n1. The van der Waals surface area contributed by atoms with Crippen molar-refractivity contribution in [3.8, 4) is 0 Å². The van der Waals surface area contributed by atoms with Crippen LogP contribution in [0.15, 0.2) is 30.3 Å². The third kappa shape index (κ3) is 3.48. The van der Waals surface area contributed by atoms with Gasteiger partial charge in [0, 0.05) is 38.5 Å². The van der Waals surface area contributed by atoms with Crippen molar-refractivity contribution >= 4 is 28.5 Å². The molecule has 1 aromatic heterocycles. The number of rotatable bonds is 3. The number of carbonyl (C=O) groups is 2. The van der Waals surface area contributed by atoms with Crippen molar-refractivity contribution in [1.82, 2.24) is 15.6 Å². The molecule has 1 saturated heterocycles. The molecule has 2 N–H and O–H groups in total. The second-order valence-electron chi connectivity index (χ2n) is 6.29. The molecule has 6 nitrogen and oxygen atoms in total. The van der Waals surface area contributed by atoms with Gasteiger partial charge < -0.3 is 15.5 Å². The van der Waals surface area contributed by atoms with E-state index in [1.807, 2.05) is 49.3 Å². The second-order valence-corrected chi connectivity index (χ2v) is 6.29. The van der Waals surface area contributed by atoms with Crippen LogP contribution in [0.5, 0.6) is 0 Å². The summed E-state index contributed by atoms with van der Waals surface area (Å²) in [6.45, 7) is 0.601. The van der Waals surface area contributed by atoms with Crippen LogP contribution in [-0.4, -0.2) is 43.5 Å². The third-order valence-electron chi connectivity index (χ3n) is 4.28. The fourth-order valence-corrected chi connectivity index (χ4v) is 2.91. The number of fused-ring (bicyclic) bond motifs is 1. The first-order valence-corrected chi connectivity index (χ1v) is 8.19. The van der Waals surface area contributed by atoms with Crippen molar-refractivity contribution in [2.24, 2.45) is 0 Å². The molecule has 1 aliphatic heterocycles. The number of nitrogens with zero attached hydrogens (tertiary/aromatic N) is 2. The predicted octanol–water partition coefficient (Wildman–Crippen LogP) is 1.70. The van der Waals surface area contributed by atoms with E-state index in [0.717, 1.165) is 23.1 Å². The number of hydrogen-bond acceptors (Lipinski definition) is 4. The van der Waals surface area contributed by atoms with Gasteiger partial charge in [0.15, 0.2) is 0 Å². The van der Waals surface area contributed by atoms with Crippen LogP contribution in [0.3, 0.4) is 0 Å². The number of benzene rings is 1. The van der Waals surface area contributed by atoms with Gasteiger partial charge in [-0.25, -0.2) is 4.98 Å². The highest BCUT2D eigenvalue weighted by Gasteiger charge is 2.20. The zero-order valence-electron chi connectivity index (χ0n) is 14.0. The average Bonchev–Trinajstić information content (AvgIpc) is 2.78. The molecule has 1 aliphatic rings. The summed E-state index contributed by atoms with van der Waals surface area (Å²) in [4.78, 5) is 30.7. The summed E-state index contributed by atoms with van der Waals surface area (Å²) < 4.78 is 0. The normalized spacial score (nSPS) is 17.9. The zero-order valence-corrected chi connectivity index (χ0v) is 14.0. The molecule has 0 saturated carbocycles. The molecule has 1 unspecified atom stereocenters. The number of carbonyl (C=O) groups excluding carboxylic acids is 2. The number of pyridine rings is 1. The van der Waals surface area contributed by atoms with Crippen LogP contribution in [0.1, 0.15) is 29.6 Å². The van der Waals surface area contributed by atoms with Gasteiger partial charge in [0.05, 0.1) is 11.1 Å². The number of amides is 2. The zero-order chi connectivity index (χ0) is 17.1. The lowest BCUT2D eigenvalue weighted by Crippen LogP contribution is -2.35. The molecule has 1 fully saturated rings. The maximum absolute atomic E-state index is 12.8. The second kappa shape index (κ2) is 6.86. The molecule has 1 aromatic carbocycles. The Hall–Kier alpha value is -2.63. The molecule has 126 valence electrons. The van der Waals surface area contributed by atoms with E-state index < -0.39 is 0 Å². The third-order valence-corrected chi connectivity index (χ3v) is 4.28. The molecule has 3 rings (SSSR count). The first-order valence-electron chi connectivity index (χ1n) is 8.19. The van der Waals surface area contributed by atoms with Gasteiger partial charge in [-0.3, -0.25) is 9.59 Å². The van der Waals surface area contributed by atoms with Crippen molar-refractivity contribution in [2.45, 2.75) is 25.3 Å². The Kier molecular flexibility index (Phi) is 4.64. The van der Waals surface area contributed by atoms with Gasteiger partial charge in [0.1, 0.15) is 5.82 Å². The maximum Gasteiger partial charge on any atom is 0.252 e. The lowest BCUT2D eigenvalue weighted by molar-refractivity contribution is -0.120. The molecule has 2 amide bonds. The summed E-state index contributed by atoms with van der Waals surface area (Å²) >= 11 is 0. The molecular formula is C18H22N4O2. The summed E-state index contributed by atoms with van der Waals surface area (Å²) in [5.41, 5.74) is 1.42. The predicted molar refractivity (Wildman–Crippen MR) is 94.2 cm³/mol. The number of hydrogen-bond donors (Lipinski definition) is 2. The van der Waals surface area contributed by atoms with Crippen LogP contribution in [0.4, 0.5) is 5.82 Å². The fourth-order valence-electron chi connectivity index (χ4n) is 2.91. The minimum Gasteiger partial charge on any atom is -0.363 e. The Morgan fingerprint density at radius 2 is 2.08 bits per heavy atom. The summed E-state index contributed by atoms with van der Waals surface area (Å²) in [6, 6.07) is 9.47. The average molecular weight is 326 g/mol.